The first-order valence-corrected chi connectivity index (χ1v) is 12.6. The molecule has 3 aromatic carbocycles. The SMILES string of the molecule is Cc1ccc(NC(=O)CSc2nc3ccc(N4C(=O)c5ccc([N+](=O)[O-])cc5C4=O)cc3s2)c(C)c1. The van der Waals surface area contributed by atoms with E-state index in [1.54, 1.807) is 18.2 Å². The zero-order valence-electron chi connectivity index (χ0n) is 19.1. The van der Waals surface area contributed by atoms with Crippen LogP contribution in [0.3, 0.4) is 0 Å². The van der Waals surface area contributed by atoms with Crippen molar-refractivity contribution in [3.8, 4) is 0 Å². The molecule has 0 bridgehead atoms. The van der Waals surface area contributed by atoms with Gasteiger partial charge in [-0.3, -0.25) is 24.5 Å². The van der Waals surface area contributed by atoms with Gasteiger partial charge in [0, 0.05) is 17.8 Å². The molecule has 0 saturated carbocycles. The van der Waals surface area contributed by atoms with Crippen LogP contribution < -0.4 is 10.2 Å². The van der Waals surface area contributed by atoms with E-state index in [4.69, 9.17) is 0 Å². The predicted molar refractivity (Wildman–Crippen MR) is 139 cm³/mol. The minimum Gasteiger partial charge on any atom is -0.325 e. The molecule has 0 atom stereocenters. The number of nitro benzene ring substituents is 1. The first-order chi connectivity index (χ1) is 17.2. The van der Waals surface area contributed by atoms with Gasteiger partial charge in [-0.25, -0.2) is 9.88 Å². The lowest BCUT2D eigenvalue weighted by Gasteiger charge is -2.13. The molecule has 9 nitrogen and oxygen atoms in total. The van der Waals surface area contributed by atoms with Crippen LogP contribution in [0, 0.1) is 24.0 Å². The Hall–Kier alpha value is -4.09. The molecule has 0 spiro atoms. The number of aromatic nitrogens is 1. The molecule has 0 radical (unpaired) electrons. The molecule has 0 fully saturated rings. The fraction of sp³-hybridized carbons (Fsp3) is 0.120. The van der Waals surface area contributed by atoms with Crippen LogP contribution in [0.4, 0.5) is 17.1 Å². The summed E-state index contributed by atoms with van der Waals surface area (Å²) >= 11 is 2.65. The quantitative estimate of drug-likeness (QED) is 0.158. The highest BCUT2D eigenvalue weighted by Gasteiger charge is 2.38. The van der Waals surface area contributed by atoms with E-state index in [1.807, 2.05) is 32.0 Å². The monoisotopic (exact) mass is 518 g/mol. The molecule has 4 aromatic rings. The number of nitrogens with one attached hydrogen (secondary N) is 1. The highest BCUT2D eigenvalue weighted by molar-refractivity contribution is 8.01. The molecule has 0 saturated heterocycles. The molecule has 2 heterocycles. The lowest BCUT2D eigenvalue weighted by atomic mass is 10.1. The number of thiazole rings is 1. The largest absolute Gasteiger partial charge is 0.325 e. The van der Waals surface area contributed by atoms with Crippen LogP contribution >= 0.6 is 23.1 Å². The lowest BCUT2D eigenvalue weighted by Crippen LogP contribution is -2.29. The van der Waals surface area contributed by atoms with Gasteiger partial charge < -0.3 is 5.32 Å². The van der Waals surface area contributed by atoms with Crippen LogP contribution in [-0.2, 0) is 4.79 Å². The Balaban J connectivity index is 1.32. The Labute approximate surface area is 213 Å². The number of rotatable bonds is 6. The van der Waals surface area contributed by atoms with E-state index in [-0.39, 0.29) is 28.5 Å². The van der Waals surface area contributed by atoms with Gasteiger partial charge in [0.05, 0.1) is 37.7 Å². The summed E-state index contributed by atoms with van der Waals surface area (Å²) in [4.78, 5) is 54.2. The molecule has 36 heavy (non-hydrogen) atoms. The standard InChI is InChI=1S/C25H18N4O5S2/c1-13-3-7-19(14(2)9-13)26-22(30)12-35-25-27-20-8-5-15(11-21(20)36-25)28-23(31)17-6-4-16(29(33)34)10-18(17)24(28)32/h3-11H,12H2,1-2H3,(H,26,30). The topological polar surface area (TPSA) is 123 Å². The van der Waals surface area contributed by atoms with Crippen molar-refractivity contribution in [2.75, 3.05) is 16.0 Å². The normalized spacial score (nSPS) is 12.8. The highest BCUT2D eigenvalue weighted by atomic mass is 32.2. The number of benzene rings is 3. The number of nitrogens with zero attached hydrogens (tertiary/aromatic N) is 3. The smallest absolute Gasteiger partial charge is 0.270 e. The van der Waals surface area contributed by atoms with Crippen LogP contribution in [0.25, 0.3) is 10.2 Å². The van der Waals surface area contributed by atoms with Crippen molar-refractivity contribution in [1.82, 2.24) is 4.98 Å². The van der Waals surface area contributed by atoms with Crippen molar-refractivity contribution in [3.05, 3.63) is 87.0 Å². The molecule has 1 aliphatic rings. The van der Waals surface area contributed by atoms with Gasteiger partial charge in [-0.05, 0) is 49.7 Å². The van der Waals surface area contributed by atoms with E-state index in [1.165, 1.54) is 35.2 Å². The van der Waals surface area contributed by atoms with E-state index in [2.05, 4.69) is 10.3 Å². The summed E-state index contributed by atoms with van der Waals surface area (Å²) in [5.41, 5.74) is 3.78. The van der Waals surface area contributed by atoms with Crippen LogP contribution in [0.1, 0.15) is 31.8 Å². The minimum absolute atomic E-state index is 0.00433. The Kier molecular flexibility index (Phi) is 6.02. The third-order valence-corrected chi connectivity index (χ3v) is 7.84. The van der Waals surface area contributed by atoms with Crippen LogP contribution in [0.5, 0.6) is 0 Å². The Bertz CT molecular complexity index is 1600. The van der Waals surface area contributed by atoms with E-state index < -0.39 is 16.7 Å². The van der Waals surface area contributed by atoms with Crippen molar-refractivity contribution >= 4 is 68.1 Å². The van der Waals surface area contributed by atoms with Gasteiger partial charge in [0.2, 0.25) is 5.91 Å². The second-order valence-electron chi connectivity index (χ2n) is 8.22. The summed E-state index contributed by atoms with van der Waals surface area (Å²) in [5.74, 6) is -1.12. The number of imide groups is 1. The number of amides is 3. The number of hydrogen-bond donors (Lipinski definition) is 1. The van der Waals surface area contributed by atoms with E-state index in [0.717, 1.165) is 32.5 Å². The molecule has 1 N–H and O–H groups in total. The van der Waals surface area contributed by atoms with E-state index in [9.17, 15) is 24.5 Å². The highest BCUT2D eigenvalue weighted by Crippen LogP contribution is 2.35. The first kappa shape index (κ1) is 23.6. The fourth-order valence-electron chi connectivity index (χ4n) is 3.94. The summed E-state index contributed by atoms with van der Waals surface area (Å²) < 4.78 is 1.42. The number of anilines is 2. The first-order valence-electron chi connectivity index (χ1n) is 10.8. The summed E-state index contributed by atoms with van der Waals surface area (Å²) in [6, 6.07) is 14.5. The summed E-state index contributed by atoms with van der Waals surface area (Å²) in [6.07, 6.45) is 0. The number of aryl methyl sites for hydroxylation is 2. The molecule has 11 heteroatoms. The zero-order valence-corrected chi connectivity index (χ0v) is 20.7. The average Bonchev–Trinajstić information content (AvgIpc) is 3.36. The molecular formula is C25H18N4O5S2. The third kappa shape index (κ3) is 4.34. The van der Waals surface area contributed by atoms with Gasteiger partial charge in [0.25, 0.3) is 17.5 Å². The summed E-state index contributed by atoms with van der Waals surface area (Å²) in [7, 11) is 0. The van der Waals surface area contributed by atoms with Crippen molar-refractivity contribution in [1.29, 1.82) is 0 Å². The van der Waals surface area contributed by atoms with Crippen LogP contribution in [0.15, 0.2) is 58.9 Å². The predicted octanol–water partition coefficient (Wildman–Crippen LogP) is 5.35. The maximum Gasteiger partial charge on any atom is 0.270 e. The molecule has 1 aromatic heterocycles. The van der Waals surface area contributed by atoms with Crippen molar-refractivity contribution < 1.29 is 19.3 Å². The molecule has 3 amide bonds. The zero-order chi connectivity index (χ0) is 25.6. The van der Waals surface area contributed by atoms with Gasteiger partial charge in [-0.1, -0.05) is 29.5 Å². The van der Waals surface area contributed by atoms with Crippen LogP contribution in [0.2, 0.25) is 0 Å². The van der Waals surface area contributed by atoms with Gasteiger partial charge in [0.1, 0.15) is 0 Å². The van der Waals surface area contributed by atoms with Crippen molar-refractivity contribution in [2.24, 2.45) is 0 Å². The molecule has 0 aliphatic carbocycles. The van der Waals surface area contributed by atoms with Gasteiger partial charge in [0.15, 0.2) is 4.34 Å². The minimum atomic E-state index is -0.611. The molecule has 180 valence electrons. The number of thioether (sulfide) groups is 1. The maximum atomic E-state index is 12.9. The Morgan fingerprint density at radius 1 is 1.06 bits per heavy atom. The number of nitro groups is 1. The van der Waals surface area contributed by atoms with E-state index in [0.29, 0.717) is 15.5 Å². The van der Waals surface area contributed by atoms with Crippen molar-refractivity contribution in [3.63, 3.8) is 0 Å². The average molecular weight is 519 g/mol. The molecule has 0 unspecified atom stereocenters. The Morgan fingerprint density at radius 3 is 2.58 bits per heavy atom. The number of hydrogen-bond acceptors (Lipinski definition) is 8. The fourth-order valence-corrected chi connectivity index (χ4v) is 5.84. The second kappa shape index (κ2) is 9.17. The van der Waals surface area contributed by atoms with Gasteiger partial charge in [-0.2, -0.15) is 0 Å². The Morgan fingerprint density at radius 2 is 1.83 bits per heavy atom. The van der Waals surface area contributed by atoms with Gasteiger partial charge >= 0.3 is 0 Å². The van der Waals surface area contributed by atoms with Gasteiger partial charge in [-0.15, -0.1) is 11.3 Å². The third-order valence-electron chi connectivity index (χ3n) is 5.67. The second-order valence-corrected chi connectivity index (χ2v) is 10.5. The van der Waals surface area contributed by atoms with Crippen molar-refractivity contribution in [2.45, 2.75) is 18.2 Å². The molecule has 1 aliphatic heterocycles. The maximum absolute atomic E-state index is 12.9. The molecular weight excluding hydrogens is 500 g/mol. The summed E-state index contributed by atoms with van der Waals surface area (Å²) in [5, 5.41) is 14.0. The molecule has 5 rings (SSSR count). The number of carbonyl (C=O) groups is 3. The van der Waals surface area contributed by atoms with Crippen LogP contribution in [-0.4, -0.2) is 33.4 Å². The lowest BCUT2D eigenvalue weighted by molar-refractivity contribution is -0.384. The number of non-ortho nitro benzene ring substituents is 1. The number of fused-ring (bicyclic) bond motifs is 2. The number of carbonyl (C=O) groups excluding carboxylic acids is 3. The summed E-state index contributed by atoms with van der Waals surface area (Å²) in [6.45, 7) is 3.93. The van der Waals surface area contributed by atoms with E-state index >= 15 is 0 Å².